The predicted molar refractivity (Wildman–Crippen MR) is 59.3 cm³/mol. The van der Waals surface area contributed by atoms with Gasteiger partial charge >= 0.3 is 45.5 Å². The fraction of sp³-hybridized carbons (Fsp3) is 0.571. The summed E-state index contributed by atoms with van der Waals surface area (Å²) in [5.41, 5.74) is 0. The number of thiocarbonyl (C=S) groups is 2. The predicted octanol–water partition coefficient (Wildman–Crippen LogP) is 1.05. The second kappa shape index (κ2) is 6.80. The van der Waals surface area contributed by atoms with Crippen molar-refractivity contribution in [2.24, 2.45) is 5.92 Å². The molecule has 0 aliphatic carbocycles. The van der Waals surface area contributed by atoms with E-state index in [4.69, 9.17) is 24.4 Å². The van der Waals surface area contributed by atoms with Gasteiger partial charge in [0.2, 0.25) is 0 Å². The Morgan fingerprint density at radius 2 is 1.36 bits per heavy atom. The maximum absolute atomic E-state index is 10.9. The summed E-state index contributed by atoms with van der Waals surface area (Å²) in [6, 6.07) is 0. The van der Waals surface area contributed by atoms with E-state index in [0.717, 1.165) is 0 Å². The molecule has 0 aromatic rings. The van der Waals surface area contributed by atoms with Gasteiger partial charge in [0.15, 0.2) is 0 Å². The van der Waals surface area contributed by atoms with Gasteiger partial charge in [-0.25, -0.2) is 0 Å². The fourth-order valence-corrected chi connectivity index (χ4v) is 1.62. The average molecular weight is 264 g/mol. The SMILES string of the molecule is CC(=O)C(C(C)=S)C(C)=S.[SrH2]. The van der Waals surface area contributed by atoms with Gasteiger partial charge in [-0.15, -0.1) is 0 Å². The third kappa shape index (κ3) is 5.55. The Morgan fingerprint density at radius 3 is 1.36 bits per heavy atom. The van der Waals surface area contributed by atoms with E-state index in [0.29, 0.717) is 9.73 Å². The van der Waals surface area contributed by atoms with E-state index >= 15 is 0 Å². The molecule has 0 N–H and O–H groups in total. The van der Waals surface area contributed by atoms with Gasteiger partial charge in [0.1, 0.15) is 5.78 Å². The van der Waals surface area contributed by atoms with Gasteiger partial charge in [0.05, 0.1) is 5.92 Å². The first kappa shape index (κ1) is 14.8. The molecular formula is C7H12OS2Sr. The molecule has 0 aromatic carbocycles. The van der Waals surface area contributed by atoms with Crippen LogP contribution >= 0.6 is 24.4 Å². The van der Waals surface area contributed by atoms with Crippen LogP contribution in [0.15, 0.2) is 0 Å². The van der Waals surface area contributed by atoms with Crippen LogP contribution in [-0.2, 0) is 4.79 Å². The number of Topliss-reactive ketones (excluding diaryl/α,β-unsaturated/α-hetero) is 1. The number of rotatable bonds is 3. The third-order valence-electron chi connectivity index (χ3n) is 1.22. The second-order valence-corrected chi connectivity index (χ2v) is 3.55. The first-order chi connectivity index (χ1) is 4.46. The molecule has 0 saturated heterocycles. The van der Waals surface area contributed by atoms with Gasteiger partial charge in [0, 0.05) is 9.73 Å². The Labute approximate surface area is 115 Å². The van der Waals surface area contributed by atoms with Crippen LogP contribution in [0.3, 0.4) is 0 Å². The van der Waals surface area contributed by atoms with Crippen molar-refractivity contribution in [3.63, 3.8) is 0 Å². The Kier molecular flexibility index (Phi) is 9.18. The Morgan fingerprint density at radius 1 is 1.09 bits per heavy atom. The van der Waals surface area contributed by atoms with Gasteiger partial charge in [0.25, 0.3) is 0 Å². The molecule has 4 heteroatoms. The van der Waals surface area contributed by atoms with Crippen LogP contribution in [0, 0.1) is 5.92 Å². The summed E-state index contributed by atoms with van der Waals surface area (Å²) >= 11 is 9.72. The summed E-state index contributed by atoms with van der Waals surface area (Å²) in [5.74, 6) is -0.245. The van der Waals surface area contributed by atoms with Crippen LogP contribution in [0.1, 0.15) is 20.8 Å². The molecule has 0 atom stereocenters. The Balaban J connectivity index is 0. The van der Waals surface area contributed by atoms with Gasteiger partial charge in [-0.1, -0.05) is 24.4 Å². The molecule has 11 heavy (non-hydrogen) atoms. The third-order valence-corrected chi connectivity index (χ3v) is 1.69. The van der Waals surface area contributed by atoms with Crippen molar-refractivity contribution in [3.05, 3.63) is 0 Å². The minimum absolute atomic E-state index is 0. The first-order valence-electron chi connectivity index (χ1n) is 2.98. The van der Waals surface area contributed by atoms with Crippen molar-refractivity contribution >= 4 is 85.4 Å². The van der Waals surface area contributed by atoms with Crippen LogP contribution in [0.25, 0.3) is 0 Å². The molecule has 0 rings (SSSR count). The van der Waals surface area contributed by atoms with Crippen molar-refractivity contribution in [2.75, 3.05) is 0 Å². The molecule has 0 spiro atoms. The zero-order chi connectivity index (χ0) is 8.31. The van der Waals surface area contributed by atoms with E-state index < -0.39 is 0 Å². The molecule has 0 aromatic heterocycles. The average Bonchev–Trinajstić information content (AvgIpc) is 1.59. The van der Waals surface area contributed by atoms with Crippen LogP contribution in [0.4, 0.5) is 0 Å². The quantitative estimate of drug-likeness (QED) is 0.560. The van der Waals surface area contributed by atoms with Crippen molar-refractivity contribution in [2.45, 2.75) is 20.8 Å². The molecule has 0 aliphatic heterocycles. The van der Waals surface area contributed by atoms with Crippen molar-refractivity contribution in [1.82, 2.24) is 0 Å². The second-order valence-electron chi connectivity index (χ2n) is 2.26. The first-order valence-corrected chi connectivity index (χ1v) is 3.79. The molecule has 0 fully saturated rings. The Bertz CT molecular complexity index is 156. The molecule has 0 saturated carbocycles. The molecule has 0 aliphatic rings. The standard InChI is InChI=1S/C7H10OS2.Sr.2H/c1-4(8)7(5(2)9)6(3)10;;;/h7H,1-3H3;;;. The number of ketones is 1. The van der Waals surface area contributed by atoms with Crippen LogP contribution in [-0.4, -0.2) is 61.0 Å². The zero-order valence-electron chi connectivity index (χ0n) is 6.30. The summed E-state index contributed by atoms with van der Waals surface area (Å²) in [7, 11) is 0. The Hall–Kier alpha value is 1.33. The fourth-order valence-electron chi connectivity index (χ4n) is 0.859. The number of carbonyl (C=O) groups excluding carboxylic acids is 1. The van der Waals surface area contributed by atoms with E-state index in [1.807, 2.05) is 0 Å². The summed E-state index contributed by atoms with van der Waals surface area (Å²) < 4.78 is 0. The summed E-state index contributed by atoms with van der Waals surface area (Å²) in [6.07, 6.45) is 0. The monoisotopic (exact) mass is 264 g/mol. The van der Waals surface area contributed by atoms with E-state index in [2.05, 4.69) is 0 Å². The zero-order valence-corrected chi connectivity index (χ0v) is 7.94. The molecule has 0 unspecified atom stereocenters. The number of hydrogen-bond donors (Lipinski definition) is 0. The van der Waals surface area contributed by atoms with E-state index in [-0.39, 0.29) is 57.2 Å². The molecule has 1 nitrogen and oxygen atoms in total. The van der Waals surface area contributed by atoms with Gasteiger partial charge in [-0.3, -0.25) is 4.79 Å². The van der Waals surface area contributed by atoms with Gasteiger partial charge < -0.3 is 0 Å². The van der Waals surface area contributed by atoms with Crippen LogP contribution < -0.4 is 0 Å². The summed E-state index contributed by atoms with van der Waals surface area (Å²) in [6.45, 7) is 5.00. The molecule has 0 amide bonds. The van der Waals surface area contributed by atoms with Gasteiger partial charge in [-0.2, -0.15) is 0 Å². The van der Waals surface area contributed by atoms with Crippen molar-refractivity contribution < 1.29 is 4.79 Å². The molecule has 0 radical (unpaired) electrons. The van der Waals surface area contributed by atoms with E-state index in [1.165, 1.54) is 6.92 Å². The van der Waals surface area contributed by atoms with Crippen LogP contribution in [0.2, 0.25) is 0 Å². The topological polar surface area (TPSA) is 17.1 Å². The van der Waals surface area contributed by atoms with Crippen LogP contribution in [0.5, 0.6) is 0 Å². The van der Waals surface area contributed by atoms with E-state index in [9.17, 15) is 4.79 Å². The normalized spacial score (nSPS) is 8.73. The molecular weight excluding hydrogens is 252 g/mol. The number of hydrogen-bond acceptors (Lipinski definition) is 3. The van der Waals surface area contributed by atoms with Gasteiger partial charge in [-0.05, 0) is 20.8 Å². The van der Waals surface area contributed by atoms with Crippen molar-refractivity contribution in [3.8, 4) is 0 Å². The number of carbonyl (C=O) groups is 1. The van der Waals surface area contributed by atoms with Crippen molar-refractivity contribution in [1.29, 1.82) is 0 Å². The molecule has 0 heterocycles. The molecule has 60 valence electrons. The molecule has 0 bridgehead atoms. The summed E-state index contributed by atoms with van der Waals surface area (Å²) in [4.78, 5) is 12.2. The summed E-state index contributed by atoms with van der Waals surface area (Å²) in [5, 5.41) is 0. The van der Waals surface area contributed by atoms with E-state index in [1.54, 1.807) is 13.8 Å². The maximum atomic E-state index is 10.9. The minimum atomic E-state index is -0.287.